The molecular formula is C14H23N3O3. The monoisotopic (exact) mass is 281 g/mol. The number of ether oxygens (including phenoxy) is 1. The van der Waals surface area contributed by atoms with Crippen LogP contribution in [0.3, 0.4) is 0 Å². The van der Waals surface area contributed by atoms with Crippen LogP contribution in [0.4, 0.5) is 4.79 Å². The van der Waals surface area contributed by atoms with E-state index in [-0.39, 0.29) is 18.1 Å². The van der Waals surface area contributed by atoms with Crippen LogP contribution in [-0.4, -0.2) is 39.3 Å². The summed E-state index contributed by atoms with van der Waals surface area (Å²) >= 11 is 0. The Morgan fingerprint density at radius 3 is 2.65 bits per heavy atom. The average molecular weight is 281 g/mol. The van der Waals surface area contributed by atoms with Crippen molar-refractivity contribution in [3.63, 3.8) is 0 Å². The largest absolute Gasteiger partial charge is 0.444 e. The zero-order chi connectivity index (χ0) is 14.9. The van der Waals surface area contributed by atoms with Crippen LogP contribution in [0.2, 0.25) is 0 Å². The summed E-state index contributed by atoms with van der Waals surface area (Å²) in [5.41, 5.74) is -0.481. The fourth-order valence-electron chi connectivity index (χ4n) is 2.36. The van der Waals surface area contributed by atoms with Gasteiger partial charge in [-0.1, -0.05) is 5.16 Å². The molecule has 0 aromatic carbocycles. The number of piperidine rings is 1. The molecule has 1 fully saturated rings. The number of amides is 1. The predicted molar refractivity (Wildman–Crippen MR) is 73.4 cm³/mol. The molecule has 1 aromatic heterocycles. The molecule has 2 atom stereocenters. The third kappa shape index (κ3) is 3.49. The molecule has 0 radical (unpaired) electrons. The second-order valence-corrected chi connectivity index (χ2v) is 6.44. The summed E-state index contributed by atoms with van der Waals surface area (Å²) in [4.78, 5) is 18.3. The Morgan fingerprint density at radius 2 is 2.10 bits per heavy atom. The van der Waals surface area contributed by atoms with E-state index < -0.39 is 5.60 Å². The number of nitrogens with zero attached hydrogens (tertiary/aromatic N) is 3. The summed E-state index contributed by atoms with van der Waals surface area (Å²) in [5, 5.41) is 3.82. The van der Waals surface area contributed by atoms with Gasteiger partial charge in [-0.3, -0.25) is 0 Å². The van der Waals surface area contributed by atoms with Crippen LogP contribution in [0.25, 0.3) is 0 Å². The van der Waals surface area contributed by atoms with Gasteiger partial charge < -0.3 is 14.2 Å². The highest BCUT2D eigenvalue weighted by atomic mass is 16.6. The van der Waals surface area contributed by atoms with Gasteiger partial charge in [-0.2, -0.15) is 4.98 Å². The number of hydrogen-bond donors (Lipinski definition) is 0. The van der Waals surface area contributed by atoms with E-state index >= 15 is 0 Å². The first kappa shape index (κ1) is 14.8. The minimum Gasteiger partial charge on any atom is -0.444 e. The van der Waals surface area contributed by atoms with Crippen molar-refractivity contribution < 1.29 is 14.1 Å². The summed E-state index contributed by atoms with van der Waals surface area (Å²) in [6.07, 6.45) is 1.58. The van der Waals surface area contributed by atoms with Gasteiger partial charge >= 0.3 is 6.09 Å². The van der Waals surface area contributed by atoms with Crippen LogP contribution in [0, 0.1) is 6.92 Å². The Bertz CT molecular complexity index is 478. The molecule has 6 nitrogen and oxygen atoms in total. The zero-order valence-electron chi connectivity index (χ0n) is 12.8. The van der Waals surface area contributed by atoms with Crippen LogP contribution in [0.15, 0.2) is 4.52 Å². The van der Waals surface area contributed by atoms with E-state index in [1.54, 1.807) is 11.8 Å². The second kappa shape index (κ2) is 5.42. The van der Waals surface area contributed by atoms with Crippen LogP contribution < -0.4 is 0 Å². The molecule has 0 N–H and O–H groups in total. The highest BCUT2D eigenvalue weighted by molar-refractivity contribution is 5.68. The SMILES string of the molecule is Cc1noc([C@@H]2CC[C@H](C)N(C(=O)OC(C)(C)C)C2)n1. The van der Waals surface area contributed by atoms with Gasteiger partial charge in [-0.25, -0.2) is 4.79 Å². The van der Waals surface area contributed by atoms with E-state index in [2.05, 4.69) is 10.1 Å². The van der Waals surface area contributed by atoms with Crippen LogP contribution in [0.1, 0.15) is 58.2 Å². The van der Waals surface area contributed by atoms with Crippen LogP contribution >= 0.6 is 0 Å². The molecule has 6 heteroatoms. The van der Waals surface area contributed by atoms with Gasteiger partial charge in [-0.05, 0) is 47.5 Å². The van der Waals surface area contributed by atoms with Gasteiger partial charge in [0.2, 0.25) is 5.89 Å². The lowest BCUT2D eigenvalue weighted by atomic mass is 9.94. The van der Waals surface area contributed by atoms with Crippen molar-refractivity contribution in [2.24, 2.45) is 0 Å². The molecule has 2 heterocycles. The van der Waals surface area contributed by atoms with E-state index in [1.807, 2.05) is 27.7 Å². The summed E-state index contributed by atoms with van der Waals surface area (Å²) in [5.74, 6) is 1.34. The molecule has 1 aromatic rings. The molecule has 2 rings (SSSR count). The van der Waals surface area contributed by atoms with Crippen molar-refractivity contribution >= 4 is 6.09 Å². The average Bonchev–Trinajstić information content (AvgIpc) is 2.74. The number of aromatic nitrogens is 2. The van der Waals surface area contributed by atoms with Crippen molar-refractivity contribution in [3.8, 4) is 0 Å². The van der Waals surface area contributed by atoms with Gasteiger partial charge in [0.1, 0.15) is 5.60 Å². The topological polar surface area (TPSA) is 68.5 Å². The number of carbonyl (C=O) groups excluding carboxylic acids is 1. The lowest BCUT2D eigenvalue weighted by molar-refractivity contribution is 0.00846. The number of carbonyl (C=O) groups is 1. The number of hydrogen-bond acceptors (Lipinski definition) is 5. The first-order valence-electron chi connectivity index (χ1n) is 7.06. The van der Waals surface area contributed by atoms with Gasteiger partial charge in [0, 0.05) is 12.6 Å². The Hall–Kier alpha value is -1.59. The lowest BCUT2D eigenvalue weighted by Crippen LogP contribution is -2.47. The first-order chi connectivity index (χ1) is 9.26. The summed E-state index contributed by atoms with van der Waals surface area (Å²) in [7, 11) is 0. The van der Waals surface area contributed by atoms with E-state index in [0.29, 0.717) is 18.3 Å². The Morgan fingerprint density at radius 1 is 1.40 bits per heavy atom. The molecule has 0 spiro atoms. The molecule has 1 aliphatic rings. The molecule has 1 aliphatic heterocycles. The second-order valence-electron chi connectivity index (χ2n) is 6.44. The van der Waals surface area contributed by atoms with Crippen LogP contribution in [0.5, 0.6) is 0 Å². The molecule has 20 heavy (non-hydrogen) atoms. The lowest BCUT2D eigenvalue weighted by Gasteiger charge is -2.37. The fraction of sp³-hybridized carbons (Fsp3) is 0.786. The number of aryl methyl sites for hydroxylation is 1. The standard InChI is InChI=1S/C14H23N3O3/c1-9-6-7-11(12-15-10(2)16-20-12)8-17(9)13(18)19-14(3,4)5/h9,11H,6-8H2,1-5H3/t9-,11+/m0/s1. The molecule has 0 aliphatic carbocycles. The number of likely N-dealkylation sites (tertiary alicyclic amines) is 1. The summed E-state index contributed by atoms with van der Waals surface area (Å²) < 4.78 is 10.7. The summed E-state index contributed by atoms with van der Waals surface area (Å²) in [6.45, 7) is 10.0. The van der Waals surface area contributed by atoms with Crippen molar-refractivity contribution in [1.82, 2.24) is 15.0 Å². The maximum Gasteiger partial charge on any atom is 0.410 e. The van der Waals surface area contributed by atoms with Crippen molar-refractivity contribution in [2.45, 2.75) is 65.0 Å². The Kier molecular flexibility index (Phi) is 4.01. The molecular weight excluding hydrogens is 258 g/mol. The minimum atomic E-state index is -0.481. The first-order valence-corrected chi connectivity index (χ1v) is 7.06. The summed E-state index contributed by atoms with van der Waals surface area (Å²) in [6, 6.07) is 0.171. The van der Waals surface area contributed by atoms with Gasteiger partial charge in [0.25, 0.3) is 0 Å². The Labute approximate surface area is 119 Å². The molecule has 1 saturated heterocycles. The van der Waals surface area contributed by atoms with E-state index in [9.17, 15) is 4.79 Å². The minimum absolute atomic E-state index is 0.0971. The molecule has 0 unspecified atom stereocenters. The predicted octanol–water partition coefficient (Wildman–Crippen LogP) is 2.88. The maximum atomic E-state index is 12.2. The third-order valence-corrected chi connectivity index (χ3v) is 3.40. The fourth-order valence-corrected chi connectivity index (χ4v) is 2.36. The van der Waals surface area contributed by atoms with Crippen molar-refractivity contribution in [1.29, 1.82) is 0 Å². The highest BCUT2D eigenvalue weighted by Gasteiger charge is 2.34. The van der Waals surface area contributed by atoms with E-state index in [0.717, 1.165) is 12.8 Å². The Balaban J connectivity index is 2.06. The molecule has 112 valence electrons. The zero-order valence-corrected chi connectivity index (χ0v) is 12.8. The van der Waals surface area contributed by atoms with Crippen LogP contribution in [-0.2, 0) is 4.74 Å². The molecule has 0 saturated carbocycles. The van der Waals surface area contributed by atoms with Gasteiger partial charge in [0.05, 0.1) is 5.92 Å². The quantitative estimate of drug-likeness (QED) is 0.791. The van der Waals surface area contributed by atoms with Gasteiger partial charge in [-0.15, -0.1) is 0 Å². The molecule has 0 bridgehead atoms. The molecule has 1 amide bonds. The smallest absolute Gasteiger partial charge is 0.410 e. The maximum absolute atomic E-state index is 12.2. The van der Waals surface area contributed by atoms with E-state index in [4.69, 9.17) is 9.26 Å². The number of rotatable bonds is 1. The third-order valence-electron chi connectivity index (χ3n) is 3.40. The van der Waals surface area contributed by atoms with Crippen molar-refractivity contribution in [3.05, 3.63) is 11.7 Å². The van der Waals surface area contributed by atoms with Crippen molar-refractivity contribution in [2.75, 3.05) is 6.54 Å². The van der Waals surface area contributed by atoms with E-state index in [1.165, 1.54) is 0 Å². The highest BCUT2D eigenvalue weighted by Crippen LogP contribution is 2.30. The normalized spacial score (nSPS) is 23.8. The van der Waals surface area contributed by atoms with Gasteiger partial charge in [0.15, 0.2) is 5.82 Å².